The van der Waals surface area contributed by atoms with Crippen molar-refractivity contribution in [1.29, 1.82) is 0 Å². The molecule has 0 aliphatic rings. The molecule has 81 heavy (non-hydrogen) atoms. The standard InChI is InChI=1S/C72H73N9/c1-45(68(2,3)4)74-42-60-63(73)54-39-48(33-36-57(54)79(60)51-23-17-14-18-24-51)72(47-31-29-46(30-32-47)69(5,6)7,49-34-37-58-55(40-49)64-61(43-75-66(77-64)70(8,9)10)80(58)52-25-19-15-20-26-52)50-35-38-59-56(41-50)65-62(44-76-67(78-65)71(11,12)13)81(59)53-27-21-16-22-28-53/h14-45H,73H2,1-13H3. The minimum Gasteiger partial charge on any atom is -0.396 e. The van der Waals surface area contributed by atoms with Gasteiger partial charge in [-0.3, -0.25) is 4.99 Å². The van der Waals surface area contributed by atoms with Crippen LogP contribution in [0.1, 0.15) is 135 Å². The molecule has 5 aromatic heterocycles. The summed E-state index contributed by atoms with van der Waals surface area (Å²) in [6, 6.07) is 62.0. The molecule has 0 fully saturated rings. The number of hydrogen-bond donors (Lipinski definition) is 1. The van der Waals surface area contributed by atoms with Crippen molar-refractivity contribution in [2.24, 2.45) is 10.4 Å². The van der Waals surface area contributed by atoms with Crippen LogP contribution in [0.5, 0.6) is 0 Å². The molecule has 12 rings (SSSR count). The van der Waals surface area contributed by atoms with Crippen molar-refractivity contribution < 1.29 is 0 Å². The minimum absolute atomic E-state index is 0.0402. The highest BCUT2D eigenvalue weighted by Crippen LogP contribution is 2.50. The number of nitrogen functional groups attached to an aromatic ring is 1. The maximum Gasteiger partial charge on any atom is 0.134 e. The molecule has 0 saturated carbocycles. The molecular formula is C72H73N9. The second-order valence-corrected chi connectivity index (χ2v) is 26.3. The summed E-state index contributed by atoms with van der Waals surface area (Å²) in [6.07, 6.45) is 6.01. The van der Waals surface area contributed by atoms with E-state index in [2.05, 4.69) is 274 Å². The Kier molecular flexibility index (Phi) is 12.6. The number of anilines is 1. The van der Waals surface area contributed by atoms with Crippen LogP contribution in [0.3, 0.4) is 0 Å². The smallest absolute Gasteiger partial charge is 0.134 e. The van der Waals surface area contributed by atoms with Crippen LogP contribution < -0.4 is 5.73 Å². The zero-order chi connectivity index (χ0) is 57.0. The highest BCUT2D eigenvalue weighted by Gasteiger charge is 2.41. The summed E-state index contributed by atoms with van der Waals surface area (Å²) in [7, 11) is 0. The Hall–Kier alpha value is -8.69. The first kappa shape index (κ1) is 53.0. The number of aromatic nitrogens is 7. The predicted molar refractivity (Wildman–Crippen MR) is 338 cm³/mol. The average Bonchev–Trinajstić information content (AvgIpc) is 4.23. The van der Waals surface area contributed by atoms with E-state index in [1.54, 1.807) is 0 Å². The first-order chi connectivity index (χ1) is 38.5. The molecule has 1 atom stereocenters. The zero-order valence-corrected chi connectivity index (χ0v) is 49.1. The normalized spacial score (nSPS) is 13.4. The van der Waals surface area contributed by atoms with Gasteiger partial charge in [-0.2, -0.15) is 0 Å². The van der Waals surface area contributed by atoms with Crippen LogP contribution in [0, 0.1) is 5.41 Å². The Labute approximate surface area is 476 Å². The molecule has 0 aliphatic carbocycles. The molecule has 7 aromatic carbocycles. The summed E-state index contributed by atoms with van der Waals surface area (Å²) in [5, 5.41) is 2.99. The molecular weight excluding hydrogens is 991 g/mol. The maximum absolute atomic E-state index is 7.61. The number of fused-ring (bicyclic) bond motifs is 7. The third kappa shape index (κ3) is 8.98. The zero-order valence-electron chi connectivity index (χ0n) is 49.1. The van der Waals surface area contributed by atoms with Crippen molar-refractivity contribution in [1.82, 2.24) is 33.6 Å². The van der Waals surface area contributed by atoms with Crippen molar-refractivity contribution in [3.63, 3.8) is 0 Å². The third-order valence-corrected chi connectivity index (χ3v) is 16.6. The molecule has 9 heteroatoms. The molecule has 0 amide bonds. The lowest BCUT2D eigenvalue weighted by Gasteiger charge is -2.37. The largest absolute Gasteiger partial charge is 0.396 e. The molecule has 0 saturated heterocycles. The van der Waals surface area contributed by atoms with Gasteiger partial charge in [0.15, 0.2) is 0 Å². The van der Waals surface area contributed by atoms with Crippen molar-refractivity contribution in [3.05, 3.63) is 227 Å². The van der Waals surface area contributed by atoms with E-state index in [-0.39, 0.29) is 27.7 Å². The van der Waals surface area contributed by atoms with Crippen LogP contribution in [-0.2, 0) is 21.7 Å². The highest BCUT2D eigenvalue weighted by atomic mass is 15.1. The molecule has 2 N–H and O–H groups in total. The highest BCUT2D eigenvalue weighted by molar-refractivity contribution is 6.09. The summed E-state index contributed by atoms with van der Waals surface area (Å²) in [4.78, 5) is 26.3. The summed E-state index contributed by atoms with van der Waals surface area (Å²) >= 11 is 0. The lowest BCUT2D eigenvalue weighted by atomic mass is 9.64. The van der Waals surface area contributed by atoms with Gasteiger partial charge in [-0.05, 0) is 118 Å². The fourth-order valence-corrected chi connectivity index (χ4v) is 11.7. The van der Waals surface area contributed by atoms with Crippen molar-refractivity contribution in [3.8, 4) is 17.1 Å². The van der Waals surface area contributed by atoms with Crippen LogP contribution >= 0.6 is 0 Å². The quantitative estimate of drug-likeness (QED) is 0.115. The van der Waals surface area contributed by atoms with Gasteiger partial charge in [-0.15, -0.1) is 0 Å². The summed E-state index contributed by atoms with van der Waals surface area (Å²) in [5.41, 5.74) is 22.8. The van der Waals surface area contributed by atoms with E-state index in [1.165, 1.54) is 5.56 Å². The van der Waals surface area contributed by atoms with Gasteiger partial charge in [-0.1, -0.05) is 180 Å². The molecule has 5 heterocycles. The van der Waals surface area contributed by atoms with E-state index in [1.807, 2.05) is 18.6 Å². The van der Waals surface area contributed by atoms with Crippen LogP contribution in [0.25, 0.3) is 71.8 Å². The summed E-state index contributed by atoms with van der Waals surface area (Å²) in [5.74, 6) is 1.57. The van der Waals surface area contributed by atoms with Crippen molar-refractivity contribution in [2.75, 3.05) is 5.73 Å². The van der Waals surface area contributed by atoms with E-state index in [0.717, 1.165) is 111 Å². The fourth-order valence-electron chi connectivity index (χ4n) is 11.7. The minimum atomic E-state index is -0.981. The Morgan fingerprint density at radius 3 is 1.19 bits per heavy atom. The summed E-state index contributed by atoms with van der Waals surface area (Å²) < 4.78 is 6.88. The Bertz CT molecular complexity index is 4200. The van der Waals surface area contributed by atoms with E-state index in [0.29, 0.717) is 5.69 Å². The Morgan fingerprint density at radius 1 is 0.420 bits per heavy atom. The lowest BCUT2D eigenvalue weighted by Crippen LogP contribution is -2.31. The van der Waals surface area contributed by atoms with Crippen LogP contribution in [-0.4, -0.2) is 45.9 Å². The van der Waals surface area contributed by atoms with Crippen LogP contribution in [0.15, 0.2) is 187 Å². The monoisotopic (exact) mass is 1060 g/mol. The SMILES string of the molecule is CC(N=Cc1c(N)c2cc(C(c3ccc(C(C)(C)C)cc3)(c3ccc4c(c3)c3nc(C(C)(C)C)ncc3n4-c3ccccc3)c3ccc4c(c3)c3nc(C(C)(C)C)ncc3n4-c3ccccc3)ccc2n1-c1ccccc1)C(C)(C)C. The van der Waals surface area contributed by atoms with Gasteiger partial charge in [0.05, 0.1) is 62.8 Å². The molecule has 0 bridgehead atoms. The molecule has 406 valence electrons. The topological polar surface area (TPSA) is 105 Å². The molecule has 0 aliphatic heterocycles. The molecule has 9 nitrogen and oxygen atoms in total. The maximum atomic E-state index is 7.61. The van der Waals surface area contributed by atoms with Gasteiger partial charge in [0.1, 0.15) is 22.7 Å². The predicted octanol–water partition coefficient (Wildman–Crippen LogP) is 17.1. The summed E-state index contributed by atoms with van der Waals surface area (Å²) in [6.45, 7) is 28.8. The number of benzene rings is 7. The number of nitrogens with two attached hydrogens (primary N) is 1. The van der Waals surface area contributed by atoms with E-state index in [9.17, 15) is 0 Å². The van der Waals surface area contributed by atoms with Gasteiger partial charge in [-0.25, -0.2) is 19.9 Å². The number of aliphatic imine (C=N–C) groups is 1. The molecule has 12 aromatic rings. The number of para-hydroxylation sites is 3. The third-order valence-electron chi connectivity index (χ3n) is 16.6. The Morgan fingerprint density at radius 2 is 0.790 bits per heavy atom. The first-order valence-electron chi connectivity index (χ1n) is 28.4. The van der Waals surface area contributed by atoms with Gasteiger partial charge in [0, 0.05) is 50.3 Å². The number of nitrogens with zero attached hydrogens (tertiary/aromatic N) is 8. The van der Waals surface area contributed by atoms with Crippen LogP contribution in [0.2, 0.25) is 0 Å². The number of hydrogen-bond acceptors (Lipinski definition) is 6. The van der Waals surface area contributed by atoms with Crippen LogP contribution in [0.4, 0.5) is 5.69 Å². The van der Waals surface area contributed by atoms with Gasteiger partial charge < -0.3 is 19.4 Å². The van der Waals surface area contributed by atoms with Crippen molar-refractivity contribution >= 4 is 66.7 Å². The Balaban J connectivity index is 1.25. The van der Waals surface area contributed by atoms with Gasteiger partial charge in [0.25, 0.3) is 0 Å². The lowest BCUT2D eigenvalue weighted by molar-refractivity contribution is 0.342. The van der Waals surface area contributed by atoms with Gasteiger partial charge >= 0.3 is 0 Å². The second-order valence-electron chi connectivity index (χ2n) is 26.3. The second kappa shape index (κ2) is 19.3. The number of rotatable bonds is 9. The van der Waals surface area contributed by atoms with E-state index >= 15 is 0 Å². The van der Waals surface area contributed by atoms with Crippen molar-refractivity contribution in [2.45, 2.75) is 118 Å². The first-order valence-corrected chi connectivity index (χ1v) is 28.4. The van der Waals surface area contributed by atoms with E-state index < -0.39 is 5.41 Å². The van der Waals surface area contributed by atoms with Gasteiger partial charge in [0.2, 0.25) is 0 Å². The molecule has 1 unspecified atom stereocenters. The average molecular weight is 1060 g/mol. The van der Waals surface area contributed by atoms with E-state index in [4.69, 9.17) is 30.7 Å². The molecule has 0 spiro atoms. The fraction of sp³-hybridized carbons (Fsp3) is 0.264. The molecule has 0 radical (unpaired) electrons.